The molecule has 1 nitrogen and oxygen atoms in total. The molecule has 0 amide bonds. The van der Waals surface area contributed by atoms with Crippen LogP contribution in [-0.2, 0) is 6.42 Å². The third-order valence-electron chi connectivity index (χ3n) is 4.94. The lowest BCUT2D eigenvalue weighted by Gasteiger charge is -2.41. The molecule has 1 aromatic carbocycles. The van der Waals surface area contributed by atoms with Crippen LogP contribution in [0.1, 0.15) is 70.0 Å². The molecule has 1 aromatic rings. The third-order valence-corrected chi connectivity index (χ3v) is 4.94. The van der Waals surface area contributed by atoms with E-state index in [1.807, 2.05) is 0 Å². The number of hydrogen-bond acceptors (Lipinski definition) is 1. The summed E-state index contributed by atoms with van der Waals surface area (Å²) >= 11 is 0. The lowest BCUT2D eigenvalue weighted by Crippen LogP contribution is -2.36. The summed E-state index contributed by atoms with van der Waals surface area (Å²) in [6.07, 6.45) is 8.08. The van der Waals surface area contributed by atoms with Crippen LogP contribution >= 0.6 is 0 Å². The van der Waals surface area contributed by atoms with E-state index in [1.165, 1.54) is 49.7 Å². The summed E-state index contributed by atoms with van der Waals surface area (Å²) in [7, 11) is 2.12. The first-order valence-electron chi connectivity index (χ1n) is 8.31. The molecular formula is C19H31N. The quantitative estimate of drug-likeness (QED) is 0.785. The number of nitrogens with one attached hydrogen (secondary N) is 1. The first kappa shape index (κ1) is 15.6. The van der Waals surface area contributed by atoms with Gasteiger partial charge in [-0.1, -0.05) is 64.3 Å². The van der Waals surface area contributed by atoms with Crippen LogP contribution in [0, 0.1) is 11.3 Å². The van der Waals surface area contributed by atoms with Gasteiger partial charge in [0.05, 0.1) is 0 Å². The van der Waals surface area contributed by atoms with Gasteiger partial charge in [0, 0.05) is 6.04 Å². The highest BCUT2D eigenvalue weighted by Gasteiger charge is 2.35. The van der Waals surface area contributed by atoms with Crippen LogP contribution < -0.4 is 5.32 Å². The molecule has 1 aliphatic carbocycles. The zero-order valence-corrected chi connectivity index (χ0v) is 13.7. The second-order valence-electron chi connectivity index (χ2n) is 7.28. The molecule has 0 heterocycles. The van der Waals surface area contributed by atoms with E-state index < -0.39 is 0 Å². The summed E-state index contributed by atoms with van der Waals surface area (Å²) in [4.78, 5) is 0. The van der Waals surface area contributed by atoms with Gasteiger partial charge in [0.2, 0.25) is 0 Å². The predicted octanol–water partition coefficient (Wildman–Crippen LogP) is 5.12. The van der Waals surface area contributed by atoms with Gasteiger partial charge in [0.25, 0.3) is 0 Å². The molecule has 1 atom stereocenters. The minimum absolute atomic E-state index is 0.423. The van der Waals surface area contributed by atoms with Crippen LogP contribution in [0.5, 0.6) is 0 Å². The van der Waals surface area contributed by atoms with Crippen molar-refractivity contribution in [2.75, 3.05) is 7.05 Å². The van der Waals surface area contributed by atoms with Gasteiger partial charge in [0.15, 0.2) is 0 Å². The molecule has 20 heavy (non-hydrogen) atoms. The van der Waals surface area contributed by atoms with Crippen LogP contribution in [-0.4, -0.2) is 7.05 Å². The largest absolute Gasteiger partial charge is 0.313 e. The summed E-state index contributed by atoms with van der Waals surface area (Å²) in [6, 6.07) is 9.84. The second-order valence-corrected chi connectivity index (χ2v) is 7.28. The lowest BCUT2D eigenvalue weighted by molar-refractivity contribution is 0.150. The van der Waals surface area contributed by atoms with E-state index in [1.54, 1.807) is 0 Å². The first-order valence-corrected chi connectivity index (χ1v) is 8.31. The highest BCUT2D eigenvalue weighted by atomic mass is 14.9. The van der Waals surface area contributed by atoms with Gasteiger partial charge < -0.3 is 5.32 Å². The van der Waals surface area contributed by atoms with Gasteiger partial charge in [-0.15, -0.1) is 0 Å². The van der Waals surface area contributed by atoms with Crippen molar-refractivity contribution in [3.05, 3.63) is 35.4 Å². The van der Waals surface area contributed by atoms with Crippen LogP contribution in [0.3, 0.4) is 0 Å². The van der Waals surface area contributed by atoms with Crippen molar-refractivity contribution >= 4 is 0 Å². The van der Waals surface area contributed by atoms with E-state index in [0.717, 1.165) is 5.92 Å². The average Bonchev–Trinajstić information content (AvgIpc) is 2.41. The zero-order chi connectivity index (χ0) is 14.6. The molecule has 1 N–H and O–H groups in total. The Morgan fingerprint density at radius 3 is 2.15 bits per heavy atom. The van der Waals surface area contributed by atoms with Crippen molar-refractivity contribution in [1.82, 2.24) is 5.32 Å². The Morgan fingerprint density at radius 2 is 1.65 bits per heavy atom. The van der Waals surface area contributed by atoms with Crippen molar-refractivity contribution in [3.8, 4) is 0 Å². The molecular weight excluding hydrogens is 242 g/mol. The van der Waals surface area contributed by atoms with E-state index in [9.17, 15) is 0 Å². The Bertz CT molecular complexity index is 398. The predicted molar refractivity (Wildman–Crippen MR) is 88.0 cm³/mol. The van der Waals surface area contributed by atoms with Crippen molar-refractivity contribution < 1.29 is 0 Å². The van der Waals surface area contributed by atoms with E-state index >= 15 is 0 Å². The van der Waals surface area contributed by atoms with Crippen molar-refractivity contribution in [1.29, 1.82) is 0 Å². The molecule has 1 heteroatoms. The fourth-order valence-electron chi connectivity index (χ4n) is 3.88. The molecule has 112 valence electrons. The highest BCUT2D eigenvalue weighted by molar-refractivity contribution is 5.27. The smallest absolute Gasteiger partial charge is 0.0372 e. The third kappa shape index (κ3) is 3.63. The average molecular weight is 273 g/mol. The molecule has 0 aliphatic heterocycles. The van der Waals surface area contributed by atoms with Gasteiger partial charge in [0.1, 0.15) is 0 Å². The monoisotopic (exact) mass is 273 g/mol. The molecule has 0 spiro atoms. The molecule has 0 radical (unpaired) electrons. The maximum absolute atomic E-state index is 3.59. The fourth-order valence-corrected chi connectivity index (χ4v) is 3.88. The Morgan fingerprint density at radius 1 is 1.05 bits per heavy atom. The number of rotatable bonds is 5. The Hall–Kier alpha value is -0.820. The molecule has 2 rings (SSSR count). The summed E-state index contributed by atoms with van der Waals surface area (Å²) in [6.45, 7) is 7.04. The maximum atomic E-state index is 3.59. The minimum atomic E-state index is 0.423. The summed E-state index contributed by atoms with van der Waals surface area (Å²) < 4.78 is 0. The molecule has 1 unspecified atom stereocenters. The van der Waals surface area contributed by atoms with Crippen molar-refractivity contribution in [3.63, 3.8) is 0 Å². The Labute approximate surface area is 125 Å². The van der Waals surface area contributed by atoms with Crippen LogP contribution in [0.15, 0.2) is 24.3 Å². The molecule has 1 fully saturated rings. The normalized spacial score (nSPS) is 20.1. The summed E-state index contributed by atoms with van der Waals surface area (Å²) in [5.74, 6) is 0.733. The zero-order valence-electron chi connectivity index (χ0n) is 13.7. The summed E-state index contributed by atoms with van der Waals surface area (Å²) in [5.41, 5.74) is 3.35. The van der Waals surface area contributed by atoms with E-state index in [4.69, 9.17) is 0 Å². The van der Waals surface area contributed by atoms with Crippen molar-refractivity contribution in [2.45, 2.75) is 65.3 Å². The molecule has 0 bridgehead atoms. The van der Waals surface area contributed by atoms with Gasteiger partial charge in [-0.25, -0.2) is 0 Å². The van der Waals surface area contributed by atoms with Gasteiger partial charge in [-0.3, -0.25) is 0 Å². The van der Waals surface area contributed by atoms with E-state index in [-0.39, 0.29) is 0 Å². The maximum Gasteiger partial charge on any atom is 0.0372 e. The van der Waals surface area contributed by atoms with E-state index in [2.05, 4.69) is 57.4 Å². The minimum Gasteiger partial charge on any atom is -0.313 e. The molecule has 0 saturated heterocycles. The number of benzene rings is 1. The van der Waals surface area contributed by atoms with Gasteiger partial charge in [-0.2, -0.15) is 0 Å². The van der Waals surface area contributed by atoms with Crippen molar-refractivity contribution in [2.24, 2.45) is 11.3 Å². The standard InChI is InChI=1S/C19H31N/c1-15(2)14-16-8-10-17(11-9-16)18(20-4)19(3)12-6-5-7-13-19/h8-11,15,18,20H,5-7,12-14H2,1-4H3. The SMILES string of the molecule is CNC(c1ccc(CC(C)C)cc1)C1(C)CCCCC1. The second kappa shape index (κ2) is 6.76. The Balaban J connectivity index is 2.14. The molecule has 0 aromatic heterocycles. The highest BCUT2D eigenvalue weighted by Crippen LogP contribution is 2.45. The molecule has 1 saturated carbocycles. The van der Waals surface area contributed by atoms with Crippen LogP contribution in [0.4, 0.5) is 0 Å². The number of hydrogen-bond donors (Lipinski definition) is 1. The van der Waals surface area contributed by atoms with Crippen LogP contribution in [0.2, 0.25) is 0 Å². The van der Waals surface area contributed by atoms with E-state index in [0.29, 0.717) is 11.5 Å². The summed E-state index contributed by atoms with van der Waals surface area (Å²) in [5, 5.41) is 3.59. The van der Waals surface area contributed by atoms with Gasteiger partial charge >= 0.3 is 0 Å². The van der Waals surface area contributed by atoms with Crippen LogP contribution in [0.25, 0.3) is 0 Å². The first-order chi connectivity index (χ1) is 9.55. The van der Waals surface area contributed by atoms with Gasteiger partial charge in [-0.05, 0) is 48.8 Å². The Kier molecular flexibility index (Phi) is 5.26. The topological polar surface area (TPSA) is 12.0 Å². The molecule has 1 aliphatic rings. The fraction of sp³-hybridized carbons (Fsp3) is 0.684. The lowest BCUT2D eigenvalue weighted by atomic mass is 9.68.